The SMILES string of the molecule is C[C@H](Sc1nnc(Nc2ccccc2)s1)C(=O)Nc1ccc(Cl)cc1. The number of anilines is 3. The van der Waals surface area contributed by atoms with Gasteiger partial charge in [-0.2, -0.15) is 0 Å². The van der Waals surface area contributed by atoms with E-state index >= 15 is 0 Å². The van der Waals surface area contributed by atoms with E-state index in [9.17, 15) is 4.79 Å². The lowest BCUT2D eigenvalue weighted by Crippen LogP contribution is -2.22. The molecule has 1 amide bonds. The molecule has 3 aromatic rings. The van der Waals surface area contributed by atoms with Crippen molar-refractivity contribution in [2.75, 3.05) is 10.6 Å². The van der Waals surface area contributed by atoms with Crippen LogP contribution in [0.3, 0.4) is 0 Å². The summed E-state index contributed by atoms with van der Waals surface area (Å²) in [5, 5.41) is 15.3. The summed E-state index contributed by atoms with van der Waals surface area (Å²) in [6.07, 6.45) is 0. The first kappa shape index (κ1) is 17.7. The van der Waals surface area contributed by atoms with Crippen LogP contribution in [0.4, 0.5) is 16.5 Å². The van der Waals surface area contributed by atoms with E-state index in [1.54, 1.807) is 24.3 Å². The van der Waals surface area contributed by atoms with Gasteiger partial charge in [-0.15, -0.1) is 10.2 Å². The topological polar surface area (TPSA) is 66.9 Å². The summed E-state index contributed by atoms with van der Waals surface area (Å²) >= 11 is 8.63. The fourth-order valence-electron chi connectivity index (χ4n) is 1.93. The van der Waals surface area contributed by atoms with Crippen molar-refractivity contribution >= 4 is 57.1 Å². The highest BCUT2D eigenvalue weighted by Crippen LogP contribution is 2.30. The molecular formula is C17H15ClN4OS2. The molecule has 0 bridgehead atoms. The lowest BCUT2D eigenvalue weighted by molar-refractivity contribution is -0.115. The van der Waals surface area contributed by atoms with Crippen molar-refractivity contribution in [1.29, 1.82) is 0 Å². The lowest BCUT2D eigenvalue weighted by Gasteiger charge is -2.10. The third kappa shape index (κ3) is 5.19. The van der Waals surface area contributed by atoms with Crippen LogP contribution in [0.15, 0.2) is 58.9 Å². The number of amides is 1. The standard InChI is InChI=1S/C17H15ClN4OS2/c1-11(15(23)19-14-9-7-12(18)8-10-14)24-17-22-21-16(25-17)20-13-5-3-2-4-6-13/h2-11H,1H3,(H,19,23)(H,20,21)/t11-/m0/s1. The van der Waals surface area contributed by atoms with E-state index in [4.69, 9.17) is 11.6 Å². The summed E-state index contributed by atoms with van der Waals surface area (Å²) in [4.78, 5) is 12.3. The third-order valence-electron chi connectivity index (χ3n) is 3.19. The van der Waals surface area contributed by atoms with Crippen LogP contribution < -0.4 is 10.6 Å². The number of nitrogens with zero attached hydrogens (tertiary/aromatic N) is 2. The Balaban J connectivity index is 1.56. The zero-order chi connectivity index (χ0) is 17.6. The van der Waals surface area contributed by atoms with E-state index in [-0.39, 0.29) is 11.2 Å². The number of hydrogen-bond donors (Lipinski definition) is 2. The van der Waals surface area contributed by atoms with Gasteiger partial charge in [0.2, 0.25) is 11.0 Å². The average Bonchev–Trinajstić information content (AvgIpc) is 3.04. The molecular weight excluding hydrogens is 376 g/mol. The van der Waals surface area contributed by atoms with Crippen LogP contribution in [-0.4, -0.2) is 21.4 Å². The van der Waals surface area contributed by atoms with Gasteiger partial charge in [-0.3, -0.25) is 4.79 Å². The van der Waals surface area contributed by atoms with Gasteiger partial charge in [-0.05, 0) is 43.3 Å². The molecule has 2 aromatic carbocycles. The van der Waals surface area contributed by atoms with Crippen molar-refractivity contribution in [2.45, 2.75) is 16.5 Å². The Bertz CT molecular complexity index is 839. The van der Waals surface area contributed by atoms with Crippen LogP contribution in [0.25, 0.3) is 0 Å². The molecule has 0 unspecified atom stereocenters. The largest absolute Gasteiger partial charge is 0.330 e. The molecule has 5 nitrogen and oxygen atoms in total. The van der Waals surface area contributed by atoms with Crippen LogP contribution in [-0.2, 0) is 4.79 Å². The predicted octanol–water partition coefficient (Wildman–Crippen LogP) is 5.05. The van der Waals surface area contributed by atoms with Crippen molar-refractivity contribution in [3.8, 4) is 0 Å². The molecule has 0 saturated heterocycles. The monoisotopic (exact) mass is 390 g/mol. The summed E-state index contributed by atoms with van der Waals surface area (Å²) in [6.45, 7) is 1.83. The summed E-state index contributed by atoms with van der Waals surface area (Å²) < 4.78 is 0.734. The van der Waals surface area contributed by atoms with Crippen molar-refractivity contribution in [3.63, 3.8) is 0 Å². The van der Waals surface area contributed by atoms with Gasteiger partial charge in [0.15, 0.2) is 4.34 Å². The minimum Gasteiger partial charge on any atom is -0.330 e. The van der Waals surface area contributed by atoms with Crippen molar-refractivity contribution in [3.05, 3.63) is 59.6 Å². The second-order valence-electron chi connectivity index (χ2n) is 5.12. The molecule has 128 valence electrons. The van der Waals surface area contributed by atoms with Gasteiger partial charge < -0.3 is 10.6 Å². The maximum absolute atomic E-state index is 12.3. The van der Waals surface area contributed by atoms with Crippen LogP contribution in [0.1, 0.15) is 6.92 Å². The molecule has 1 heterocycles. The highest BCUT2D eigenvalue weighted by atomic mass is 35.5. The van der Waals surface area contributed by atoms with Crippen LogP contribution in [0.5, 0.6) is 0 Å². The molecule has 25 heavy (non-hydrogen) atoms. The van der Waals surface area contributed by atoms with Crippen LogP contribution in [0.2, 0.25) is 5.02 Å². The number of carbonyl (C=O) groups is 1. The van der Waals surface area contributed by atoms with E-state index in [0.717, 1.165) is 10.0 Å². The van der Waals surface area contributed by atoms with E-state index in [1.165, 1.54) is 23.1 Å². The second kappa shape index (κ2) is 8.33. The number of hydrogen-bond acceptors (Lipinski definition) is 6. The molecule has 1 aromatic heterocycles. The highest BCUT2D eigenvalue weighted by Gasteiger charge is 2.17. The van der Waals surface area contributed by atoms with E-state index in [2.05, 4.69) is 20.8 Å². The van der Waals surface area contributed by atoms with Crippen molar-refractivity contribution < 1.29 is 4.79 Å². The molecule has 0 fully saturated rings. The summed E-state index contributed by atoms with van der Waals surface area (Å²) in [6, 6.07) is 16.8. The van der Waals surface area contributed by atoms with Gasteiger partial charge in [-0.1, -0.05) is 52.9 Å². The van der Waals surface area contributed by atoms with Gasteiger partial charge in [0.1, 0.15) is 0 Å². The Hall–Kier alpha value is -2.09. The fourth-order valence-corrected chi connectivity index (χ4v) is 3.98. The van der Waals surface area contributed by atoms with Crippen molar-refractivity contribution in [1.82, 2.24) is 10.2 Å². The molecule has 0 saturated carbocycles. The maximum atomic E-state index is 12.3. The summed E-state index contributed by atoms with van der Waals surface area (Å²) in [5.74, 6) is -0.0971. The first-order valence-electron chi connectivity index (χ1n) is 7.49. The lowest BCUT2D eigenvalue weighted by atomic mass is 10.3. The minimum atomic E-state index is -0.298. The molecule has 2 N–H and O–H groups in total. The minimum absolute atomic E-state index is 0.0971. The third-order valence-corrected chi connectivity index (χ3v) is 5.46. The maximum Gasteiger partial charge on any atom is 0.237 e. The zero-order valence-electron chi connectivity index (χ0n) is 13.3. The number of benzene rings is 2. The van der Waals surface area contributed by atoms with E-state index in [0.29, 0.717) is 15.8 Å². The molecule has 3 rings (SSSR count). The van der Waals surface area contributed by atoms with E-state index < -0.39 is 0 Å². The molecule has 0 radical (unpaired) electrons. The Morgan fingerprint density at radius 1 is 1.08 bits per heavy atom. The molecule has 0 aliphatic rings. The van der Waals surface area contributed by atoms with Gasteiger partial charge in [0.05, 0.1) is 5.25 Å². The first-order chi connectivity index (χ1) is 12.1. The summed E-state index contributed by atoms with van der Waals surface area (Å²) in [5.41, 5.74) is 1.66. The number of thioether (sulfide) groups is 1. The van der Waals surface area contributed by atoms with Gasteiger partial charge in [0.25, 0.3) is 0 Å². The fraction of sp³-hybridized carbons (Fsp3) is 0.118. The Morgan fingerprint density at radius 3 is 2.52 bits per heavy atom. The molecule has 0 aliphatic heterocycles. The molecule has 1 atom stereocenters. The summed E-state index contributed by atoms with van der Waals surface area (Å²) in [7, 11) is 0. The Morgan fingerprint density at radius 2 is 1.80 bits per heavy atom. The second-order valence-corrected chi connectivity index (χ2v) is 8.12. The van der Waals surface area contributed by atoms with Gasteiger partial charge >= 0.3 is 0 Å². The molecule has 8 heteroatoms. The van der Waals surface area contributed by atoms with Crippen molar-refractivity contribution in [2.24, 2.45) is 0 Å². The van der Waals surface area contributed by atoms with Crippen LogP contribution >= 0.6 is 34.7 Å². The number of para-hydroxylation sites is 1. The van der Waals surface area contributed by atoms with Gasteiger partial charge in [0, 0.05) is 16.4 Å². The zero-order valence-corrected chi connectivity index (χ0v) is 15.7. The normalized spacial score (nSPS) is 11.8. The number of aromatic nitrogens is 2. The predicted molar refractivity (Wildman–Crippen MR) is 105 cm³/mol. The Labute approximate surface area is 158 Å². The highest BCUT2D eigenvalue weighted by molar-refractivity contribution is 8.02. The Kier molecular flexibility index (Phi) is 5.91. The molecule has 0 spiro atoms. The number of halogens is 1. The van der Waals surface area contributed by atoms with E-state index in [1.807, 2.05) is 37.3 Å². The number of nitrogens with one attached hydrogen (secondary N) is 2. The molecule has 0 aliphatic carbocycles. The average molecular weight is 391 g/mol. The number of rotatable bonds is 6. The number of carbonyl (C=O) groups excluding carboxylic acids is 1. The van der Waals surface area contributed by atoms with Crippen LogP contribution in [0, 0.1) is 0 Å². The quantitative estimate of drug-likeness (QED) is 0.576. The van der Waals surface area contributed by atoms with Gasteiger partial charge in [-0.25, -0.2) is 0 Å². The first-order valence-corrected chi connectivity index (χ1v) is 9.56. The smallest absolute Gasteiger partial charge is 0.237 e.